The minimum atomic E-state index is -0.525. The molecule has 1 aromatic carbocycles. The summed E-state index contributed by atoms with van der Waals surface area (Å²) < 4.78 is 21.1. The van der Waals surface area contributed by atoms with E-state index in [4.69, 9.17) is 10.5 Å². The number of nitrogens with zero attached hydrogens (tertiary/aromatic N) is 4. The molecule has 0 spiro atoms. The van der Waals surface area contributed by atoms with Gasteiger partial charge >= 0.3 is 0 Å². The average molecular weight is 356 g/mol. The molecule has 26 heavy (non-hydrogen) atoms. The van der Waals surface area contributed by atoms with Crippen molar-refractivity contribution in [2.75, 3.05) is 11.9 Å². The second kappa shape index (κ2) is 6.68. The maximum absolute atomic E-state index is 14.1. The lowest BCUT2D eigenvalue weighted by atomic mass is 10.2. The molecule has 3 heterocycles. The fourth-order valence-electron chi connectivity index (χ4n) is 2.98. The molecule has 4 rings (SSSR count). The summed E-state index contributed by atoms with van der Waals surface area (Å²) in [6, 6.07) is 9.84. The predicted octanol–water partition coefficient (Wildman–Crippen LogP) is 1.38. The van der Waals surface area contributed by atoms with E-state index in [1.54, 1.807) is 30.3 Å². The van der Waals surface area contributed by atoms with Gasteiger partial charge in [0.25, 0.3) is 0 Å². The van der Waals surface area contributed by atoms with E-state index in [2.05, 4.69) is 20.6 Å². The van der Waals surface area contributed by atoms with Gasteiger partial charge < -0.3 is 15.8 Å². The van der Waals surface area contributed by atoms with Crippen LogP contribution in [0.15, 0.2) is 36.4 Å². The van der Waals surface area contributed by atoms with Gasteiger partial charge in [0.05, 0.1) is 11.7 Å². The molecule has 2 aromatic heterocycles. The lowest BCUT2D eigenvalue weighted by Crippen LogP contribution is -2.30. The molecule has 0 saturated carbocycles. The molecule has 0 aliphatic carbocycles. The van der Waals surface area contributed by atoms with Crippen molar-refractivity contribution in [1.29, 1.82) is 0 Å². The Hall–Kier alpha value is -3.07. The van der Waals surface area contributed by atoms with E-state index < -0.39 is 12.0 Å². The van der Waals surface area contributed by atoms with E-state index in [0.717, 1.165) is 6.42 Å². The van der Waals surface area contributed by atoms with Crippen molar-refractivity contribution in [1.82, 2.24) is 19.8 Å². The van der Waals surface area contributed by atoms with Crippen molar-refractivity contribution >= 4 is 17.4 Å². The number of anilines is 1. The molecule has 2 atom stereocenters. The van der Waals surface area contributed by atoms with Gasteiger partial charge in [-0.1, -0.05) is 12.1 Å². The number of hydrogen-bond acceptors (Lipinski definition) is 6. The number of ether oxygens (including phenoxy) is 1. The van der Waals surface area contributed by atoms with Gasteiger partial charge in [-0.2, -0.15) is 4.52 Å². The minimum Gasteiger partial charge on any atom is -0.367 e. The zero-order valence-corrected chi connectivity index (χ0v) is 13.8. The first-order valence-electron chi connectivity index (χ1n) is 8.28. The molecule has 3 aromatic rings. The topological polar surface area (TPSA) is 107 Å². The smallest absolute Gasteiger partial charge is 0.246 e. The average Bonchev–Trinajstić information content (AvgIpc) is 3.27. The first-order valence-corrected chi connectivity index (χ1v) is 8.28. The first-order chi connectivity index (χ1) is 12.6. The van der Waals surface area contributed by atoms with Gasteiger partial charge in [-0.3, -0.25) is 4.79 Å². The number of halogens is 1. The first kappa shape index (κ1) is 16.4. The molecular weight excluding hydrogens is 339 g/mol. The number of aromatic nitrogens is 4. The Morgan fingerprint density at radius 3 is 2.88 bits per heavy atom. The number of nitrogens with two attached hydrogens (primary N) is 1. The summed E-state index contributed by atoms with van der Waals surface area (Å²) in [4.78, 5) is 11.2. The second-order valence-corrected chi connectivity index (χ2v) is 6.10. The molecule has 9 heteroatoms. The number of fused-ring (bicyclic) bond motifs is 1. The largest absolute Gasteiger partial charge is 0.367 e. The zero-order valence-electron chi connectivity index (χ0n) is 13.8. The van der Waals surface area contributed by atoms with Gasteiger partial charge in [0.2, 0.25) is 5.91 Å². The van der Waals surface area contributed by atoms with Gasteiger partial charge in [0.1, 0.15) is 17.7 Å². The molecule has 0 radical (unpaired) electrons. The number of amides is 1. The van der Waals surface area contributed by atoms with Crippen LogP contribution in [0.25, 0.3) is 17.0 Å². The molecule has 1 amide bonds. The van der Waals surface area contributed by atoms with Crippen LogP contribution in [-0.4, -0.2) is 44.5 Å². The van der Waals surface area contributed by atoms with Crippen LogP contribution in [-0.2, 0) is 9.53 Å². The Labute approximate surface area is 148 Å². The number of carbonyl (C=O) groups excluding carboxylic acids is 1. The van der Waals surface area contributed by atoms with Crippen LogP contribution < -0.4 is 11.1 Å². The normalized spacial score (nSPS) is 19.7. The Morgan fingerprint density at radius 2 is 2.12 bits per heavy atom. The number of benzene rings is 1. The highest BCUT2D eigenvalue weighted by Gasteiger charge is 2.28. The molecule has 134 valence electrons. The highest BCUT2D eigenvalue weighted by atomic mass is 19.1. The summed E-state index contributed by atoms with van der Waals surface area (Å²) in [6.07, 6.45) is 0.729. The second-order valence-electron chi connectivity index (χ2n) is 6.10. The summed E-state index contributed by atoms with van der Waals surface area (Å²) >= 11 is 0. The van der Waals surface area contributed by atoms with E-state index in [9.17, 15) is 9.18 Å². The molecular formula is C17H17FN6O2. The third-order valence-corrected chi connectivity index (χ3v) is 4.31. The van der Waals surface area contributed by atoms with Crippen LogP contribution >= 0.6 is 0 Å². The van der Waals surface area contributed by atoms with Crippen molar-refractivity contribution in [2.45, 2.75) is 25.0 Å². The van der Waals surface area contributed by atoms with Gasteiger partial charge in [-0.05, 0) is 37.1 Å². The highest BCUT2D eigenvalue weighted by molar-refractivity contribution is 5.79. The van der Waals surface area contributed by atoms with Crippen LogP contribution in [0, 0.1) is 5.82 Å². The van der Waals surface area contributed by atoms with Crippen molar-refractivity contribution < 1.29 is 13.9 Å². The number of carbonyl (C=O) groups is 1. The molecule has 3 N–H and O–H groups in total. The SMILES string of the molecule is NC(=O)C1CCC(CNc2ccc3nnc(-c4ccccc4F)n3n2)O1. The van der Waals surface area contributed by atoms with Gasteiger partial charge in [-0.15, -0.1) is 15.3 Å². The van der Waals surface area contributed by atoms with Gasteiger partial charge in [0.15, 0.2) is 11.5 Å². The van der Waals surface area contributed by atoms with Crippen LogP contribution in [0.2, 0.25) is 0 Å². The number of primary amides is 1. The van der Waals surface area contributed by atoms with Gasteiger partial charge in [0, 0.05) is 6.54 Å². The number of rotatable bonds is 5. The van der Waals surface area contributed by atoms with Crippen molar-refractivity contribution in [3.63, 3.8) is 0 Å². The Bertz CT molecular complexity index is 959. The Balaban J connectivity index is 1.53. The fourth-order valence-corrected chi connectivity index (χ4v) is 2.98. The predicted molar refractivity (Wildman–Crippen MR) is 91.8 cm³/mol. The van der Waals surface area contributed by atoms with E-state index >= 15 is 0 Å². The molecule has 1 saturated heterocycles. The lowest BCUT2D eigenvalue weighted by Gasteiger charge is -2.13. The van der Waals surface area contributed by atoms with E-state index in [0.29, 0.717) is 35.8 Å². The molecule has 0 bridgehead atoms. The summed E-state index contributed by atoms with van der Waals surface area (Å²) in [5.41, 5.74) is 6.10. The third-order valence-electron chi connectivity index (χ3n) is 4.31. The summed E-state index contributed by atoms with van der Waals surface area (Å²) in [5, 5.41) is 15.7. The monoisotopic (exact) mass is 356 g/mol. The van der Waals surface area contributed by atoms with E-state index in [1.807, 2.05) is 0 Å². The molecule has 8 nitrogen and oxygen atoms in total. The zero-order chi connectivity index (χ0) is 18.1. The minimum absolute atomic E-state index is 0.114. The van der Waals surface area contributed by atoms with Crippen LogP contribution in [0.5, 0.6) is 0 Å². The van der Waals surface area contributed by atoms with Gasteiger partial charge in [-0.25, -0.2) is 4.39 Å². The summed E-state index contributed by atoms with van der Waals surface area (Å²) in [5.74, 6) is 0.0681. The Morgan fingerprint density at radius 1 is 1.27 bits per heavy atom. The standard InChI is InChI=1S/C17H17FN6O2/c18-12-4-2-1-3-11(12)17-22-21-15-8-7-14(23-24(15)17)20-9-10-5-6-13(26-10)16(19)25/h1-4,7-8,10,13H,5-6,9H2,(H2,19,25)(H,20,23). The van der Waals surface area contributed by atoms with Crippen molar-refractivity contribution in [2.24, 2.45) is 5.73 Å². The molecule has 1 aliphatic rings. The van der Waals surface area contributed by atoms with Crippen LogP contribution in [0.1, 0.15) is 12.8 Å². The molecule has 1 aliphatic heterocycles. The van der Waals surface area contributed by atoms with Crippen molar-refractivity contribution in [3.05, 3.63) is 42.2 Å². The van der Waals surface area contributed by atoms with Crippen LogP contribution in [0.3, 0.4) is 0 Å². The lowest BCUT2D eigenvalue weighted by molar-refractivity contribution is -0.128. The van der Waals surface area contributed by atoms with E-state index in [-0.39, 0.29) is 11.9 Å². The highest BCUT2D eigenvalue weighted by Crippen LogP contribution is 2.22. The van der Waals surface area contributed by atoms with Crippen molar-refractivity contribution in [3.8, 4) is 11.4 Å². The summed E-state index contributed by atoms with van der Waals surface area (Å²) in [7, 11) is 0. The summed E-state index contributed by atoms with van der Waals surface area (Å²) in [6.45, 7) is 0.486. The number of nitrogens with one attached hydrogen (secondary N) is 1. The number of hydrogen-bond donors (Lipinski definition) is 2. The molecule has 1 fully saturated rings. The maximum Gasteiger partial charge on any atom is 0.246 e. The van der Waals surface area contributed by atoms with Crippen LogP contribution in [0.4, 0.5) is 10.2 Å². The third kappa shape index (κ3) is 3.08. The fraction of sp³-hybridized carbons (Fsp3) is 0.294. The maximum atomic E-state index is 14.1. The quantitative estimate of drug-likeness (QED) is 0.715. The van der Waals surface area contributed by atoms with E-state index in [1.165, 1.54) is 10.6 Å². The molecule has 2 unspecified atom stereocenters. The Kier molecular flexibility index (Phi) is 4.21.